The Balaban J connectivity index is 3.07. The van der Waals surface area contributed by atoms with Gasteiger partial charge in [0.05, 0.1) is 0 Å². The second-order valence-corrected chi connectivity index (χ2v) is 3.08. The highest BCUT2D eigenvalue weighted by Gasteiger charge is 2.29. The lowest BCUT2D eigenvalue weighted by molar-refractivity contribution is -0.143. The minimum atomic E-state index is -4.37. The van der Waals surface area contributed by atoms with Crippen LogP contribution in [0.25, 0.3) is 0 Å². The molecule has 0 spiro atoms. The monoisotopic (exact) mass is 208 g/mol. The van der Waals surface area contributed by atoms with Crippen molar-refractivity contribution in [1.82, 2.24) is 9.78 Å². The van der Waals surface area contributed by atoms with Gasteiger partial charge in [0.2, 0.25) is 0 Å². The van der Waals surface area contributed by atoms with E-state index >= 15 is 0 Å². The molecule has 14 heavy (non-hydrogen) atoms. The van der Waals surface area contributed by atoms with Crippen molar-refractivity contribution in [3.05, 3.63) is 21.6 Å². The summed E-state index contributed by atoms with van der Waals surface area (Å²) < 4.78 is 36.6. The zero-order valence-corrected chi connectivity index (χ0v) is 7.90. The summed E-state index contributed by atoms with van der Waals surface area (Å²) in [7, 11) is 0. The van der Waals surface area contributed by atoms with Gasteiger partial charge < -0.3 is 0 Å². The van der Waals surface area contributed by atoms with E-state index in [4.69, 9.17) is 0 Å². The second kappa shape index (κ2) is 3.51. The van der Waals surface area contributed by atoms with Crippen LogP contribution in [-0.2, 0) is 13.0 Å². The number of hydrogen-bond donors (Lipinski definition) is 1. The fourth-order valence-corrected chi connectivity index (χ4v) is 1.35. The lowest BCUT2D eigenvalue weighted by Gasteiger charge is -2.05. The molecule has 0 saturated heterocycles. The number of hydrogen-bond acceptors (Lipinski definition) is 1. The summed E-state index contributed by atoms with van der Waals surface area (Å²) in [6.45, 7) is 2.06. The molecule has 0 unspecified atom stereocenters. The predicted octanol–water partition coefficient (Wildman–Crippen LogP) is 1.61. The Hall–Kier alpha value is -1.20. The van der Waals surface area contributed by atoms with Crippen molar-refractivity contribution in [1.29, 1.82) is 0 Å². The molecule has 0 aliphatic heterocycles. The van der Waals surface area contributed by atoms with E-state index in [9.17, 15) is 18.0 Å². The number of nitrogens with one attached hydrogen (secondary N) is 1. The standard InChI is InChI=1S/C8H11F3N2O/c1-3-6-5(2)12-13(7(6)14)4-8(9,10)11/h12H,3-4H2,1-2H3. The van der Waals surface area contributed by atoms with Crippen LogP contribution in [0.3, 0.4) is 0 Å². The lowest BCUT2D eigenvalue weighted by Crippen LogP contribution is -2.27. The first-order chi connectivity index (χ1) is 6.35. The highest BCUT2D eigenvalue weighted by molar-refractivity contribution is 5.15. The van der Waals surface area contributed by atoms with Gasteiger partial charge in [0.25, 0.3) is 5.56 Å². The first-order valence-electron chi connectivity index (χ1n) is 4.20. The fraction of sp³-hybridized carbons (Fsp3) is 0.625. The molecule has 1 aromatic heterocycles. The highest BCUT2D eigenvalue weighted by Crippen LogP contribution is 2.16. The molecule has 1 aromatic rings. The number of nitrogens with zero attached hydrogens (tertiary/aromatic N) is 1. The highest BCUT2D eigenvalue weighted by atomic mass is 19.4. The summed E-state index contributed by atoms with van der Waals surface area (Å²) in [5.74, 6) is 0. The van der Waals surface area contributed by atoms with Crippen LogP contribution in [-0.4, -0.2) is 16.0 Å². The largest absolute Gasteiger partial charge is 0.408 e. The molecule has 1 heterocycles. The minimum Gasteiger partial charge on any atom is -0.299 e. The average Bonchev–Trinajstić information content (AvgIpc) is 2.24. The fourth-order valence-electron chi connectivity index (χ4n) is 1.35. The van der Waals surface area contributed by atoms with E-state index in [0.29, 0.717) is 22.4 Å². The second-order valence-electron chi connectivity index (χ2n) is 3.08. The Bertz CT molecular complexity index is 375. The van der Waals surface area contributed by atoms with Crippen LogP contribution >= 0.6 is 0 Å². The minimum absolute atomic E-state index is 0.411. The van der Waals surface area contributed by atoms with Gasteiger partial charge in [-0.25, -0.2) is 4.68 Å². The Morgan fingerprint density at radius 3 is 2.36 bits per heavy atom. The van der Waals surface area contributed by atoms with E-state index in [-0.39, 0.29) is 0 Å². The number of aromatic nitrogens is 2. The van der Waals surface area contributed by atoms with Gasteiger partial charge in [-0.05, 0) is 13.3 Å². The maximum atomic E-state index is 12.0. The van der Waals surface area contributed by atoms with E-state index in [0.717, 1.165) is 0 Å². The molecule has 0 atom stereocenters. The Kier molecular flexibility index (Phi) is 2.73. The number of aromatic amines is 1. The first kappa shape index (κ1) is 10.9. The predicted molar refractivity (Wildman–Crippen MR) is 45.2 cm³/mol. The lowest BCUT2D eigenvalue weighted by atomic mass is 10.2. The average molecular weight is 208 g/mol. The van der Waals surface area contributed by atoms with Crippen molar-refractivity contribution >= 4 is 0 Å². The Morgan fingerprint density at radius 1 is 1.43 bits per heavy atom. The van der Waals surface area contributed by atoms with Crippen LogP contribution in [0.15, 0.2) is 4.79 Å². The molecule has 0 bridgehead atoms. The van der Waals surface area contributed by atoms with E-state index in [2.05, 4.69) is 5.10 Å². The van der Waals surface area contributed by atoms with Gasteiger partial charge in [-0.3, -0.25) is 9.89 Å². The summed E-state index contributed by atoms with van der Waals surface area (Å²) in [6, 6.07) is 0. The van der Waals surface area contributed by atoms with Crippen molar-refractivity contribution in [2.24, 2.45) is 0 Å². The summed E-state index contributed by atoms with van der Waals surface area (Å²) in [5, 5.41) is 2.40. The molecular weight excluding hydrogens is 197 g/mol. The number of alkyl halides is 3. The molecule has 6 heteroatoms. The normalized spacial score (nSPS) is 12.1. The summed E-state index contributed by atoms with van der Waals surface area (Å²) in [5.41, 5.74) is 0.332. The number of halogens is 3. The summed E-state index contributed by atoms with van der Waals surface area (Å²) in [6.07, 6.45) is -3.93. The molecule has 0 saturated carbocycles. The van der Waals surface area contributed by atoms with Gasteiger partial charge in [-0.2, -0.15) is 13.2 Å². The van der Waals surface area contributed by atoms with E-state index in [1.807, 2.05) is 0 Å². The SMILES string of the molecule is CCc1c(C)[nH]n(CC(F)(F)F)c1=O. The molecular formula is C8H11F3N2O. The molecule has 0 fully saturated rings. The zero-order chi connectivity index (χ0) is 10.9. The van der Waals surface area contributed by atoms with Gasteiger partial charge in [-0.1, -0.05) is 6.92 Å². The molecule has 0 radical (unpaired) electrons. The van der Waals surface area contributed by atoms with E-state index < -0.39 is 18.3 Å². The topological polar surface area (TPSA) is 37.8 Å². The van der Waals surface area contributed by atoms with Gasteiger partial charge in [0.15, 0.2) is 0 Å². The van der Waals surface area contributed by atoms with Crippen molar-refractivity contribution in [3.8, 4) is 0 Å². The number of H-pyrrole nitrogens is 1. The summed E-state index contributed by atoms with van der Waals surface area (Å²) in [4.78, 5) is 11.3. The maximum Gasteiger partial charge on any atom is 0.408 e. The van der Waals surface area contributed by atoms with Crippen LogP contribution in [0.4, 0.5) is 13.2 Å². The molecule has 0 amide bonds. The van der Waals surface area contributed by atoms with Gasteiger partial charge in [0.1, 0.15) is 6.54 Å². The zero-order valence-electron chi connectivity index (χ0n) is 7.90. The van der Waals surface area contributed by atoms with Crippen LogP contribution in [0, 0.1) is 6.92 Å². The first-order valence-corrected chi connectivity index (χ1v) is 4.20. The molecule has 1 N–H and O–H groups in total. The quantitative estimate of drug-likeness (QED) is 0.787. The van der Waals surface area contributed by atoms with Crippen LogP contribution in [0.1, 0.15) is 18.2 Å². The maximum absolute atomic E-state index is 12.0. The van der Waals surface area contributed by atoms with Crippen LogP contribution in [0.2, 0.25) is 0 Å². The molecule has 0 aliphatic rings. The Labute approximate surface area is 78.5 Å². The van der Waals surface area contributed by atoms with Crippen molar-refractivity contribution in [3.63, 3.8) is 0 Å². The smallest absolute Gasteiger partial charge is 0.299 e. The van der Waals surface area contributed by atoms with E-state index in [1.54, 1.807) is 13.8 Å². The van der Waals surface area contributed by atoms with Gasteiger partial charge in [-0.15, -0.1) is 0 Å². The molecule has 3 nitrogen and oxygen atoms in total. The molecule has 1 rings (SSSR count). The Morgan fingerprint density at radius 2 is 2.00 bits per heavy atom. The van der Waals surface area contributed by atoms with Crippen molar-refractivity contribution < 1.29 is 13.2 Å². The van der Waals surface area contributed by atoms with Crippen molar-refractivity contribution in [2.75, 3.05) is 0 Å². The third kappa shape index (κ3) is 2.18. The summed E-state index contributed by atoms with van der Waals surface area (Å²) >= 11 is 0. The molecule has 0 aliphatic carbocycles. The van der Waals surface area contributed by atoms with Crippen LogP contribution in [0.5, 0.6) is 0 Å². The van der Waals surface area contributed by atoms with Crippen molar-refractivity contribution in [2.45, 2.75) is 33.0 Å². The number of aryl methyl sites for hydroxylation is 1. The third-order valence-corrected chi connectivity index (χ3v) is 1.95. The number of rotatable bonds is 2. The van der Waals surface area contributed by atoms with Gasteiger partial charge in [0, 0.05) is 11.3 Å². The van der Waals surface area contributed by atoms with Gasteiger partial charge >= 0.3 is 6.18 Å². The molecule has 0 aromatic carbocycles. The third-order valence-electron chi connectivity index (χ3n) is 1.95. The van der Waals surface area contributed by atoms with E-state index in [1.165, 1.54) is 0 Å². The molecule has 80 valence electrons. The van der Waals surface area contributed by atoms with Crippen LogP contribution < -0.4 is 5.56 Å².